The zero-order valence-electron chi connectivity index (χ0n) is 10.2. The van der Waals surface area contributed by atoms with Crippen LogP contribution in [-0.4, -0.2) is 11.7 Å². The summed E-state index contributed by atoms with van der Waals surface area (Å²) in [7, 11) is 0. The van der Waals surface area contributed by atoms with Crippen molar-refractivity contribution in [3.8, 4) is 5.75 Å². The zero-order chi connectivity index (χ0) is 12.3. The van der Waals surface area contributed by atoms with Gasteiger partial charge in [-0.05, 0) is 43.4 Å². The smallest absolute Gasteiger partial charge is 0.137 e. The Morgan fingerprint density at radius 3 is 2.71 bits per heavy atom. The van der Waals surface area contributed by atoms with E-state index in [0.717, 1.165) is 17.9 Å². The summed E-state index contributed by atoms with van der Waals surface area (Å²) < 4.78 is 5.74. The Bertz CT molecular complexity index is 370. The molecule has 1 aliphatic rings. The van der Waals surface area contributed by atoms with Gasteiger partial charge in [-0.3, -0.25) is 0 Å². The van der Waals surface area contributed by atoms with Crippen molar-refractivity contribution in [2.75, 3.05) is 6.61 Å². The predicted octanol–water partition coefficient (Wildman–Crippen LogP) is 3.96. The van der Waals surface area contributed by atoms with Crippen LogP contribution in [0.15, 0.2) is 18.2 Å². The summed E-state index contributed by atoms with van der Waals surface area (Å²) in [5.74, 6) is 1.41. The van der Waals surface area contributed by atoms with Crippen LogP contribution in [0.3, 0.4) is 0 Å². The van der Waals surface area contributed by atoms with E-state index >= 15 is 0 Å². The van der Waals surface area contributed by atoms with Crippen LogP contribution in [0.5, 0.6) is 5.75 Å². The number of rotatable bonds is 4. The van der Waals surface area contributed by atoms with Crippen LogP contribution >= 0.6 is 11.6 Å². The van der Waals surface area contributed by atoms with Crippen molar-refractivity contribution in [3.05, 3.63) is 28.8 Å². The van der Waals surface area contributed by atoms with E-state index in [1.165, 1.54) is 25.7 Å². The highest BCUT2D eigenvalue weighted by Gasteiger charge is 2.16. The summed E-state index contributed by atoms with van der Waals surface area (Å²) in [5, 5.41) is 10.0. The molecule has 0 spiro atoms. The summed E-state index contributed by atoms with van der Waals surface area (Å²) >= 11 is 6.12. The predicted molar refractivity (Wildman–Crippen MR) is 69.5 cm³/mol. The summed E-state index contributed by atoms with van der Waals surface area (Å²) in [6, 6.07) is 5.48. The van der Waals surface area contributed by atoms with Gasteiger partial charge >= 0.3 is 0 Å². The molecular weight excluding hydrogens is 236 g/mol. The van der Waals surface area contributed by atoms with Gasteiger partial charge in [-0.2, -0.15) is 0 Å². The average Bonchev–Trinajstić information content (AvgIpc) is 2.80. The summed E-state index contributed by atoms with van der Waals surface area (Å²) in [6.07, 6.45) is 4.69. The maximum atomic E-state index is 9.44. The first-order valence-electron chi connectivity index (χ1n) is 6.27. The molecule has 1 saturated carbocycles. The third-order valence-corrected chi connectivity index (χ3v) is 3.68. The highest BCUT2D eigenvalue weighted by atomic mass is 35.5. The lowest BCUT2D eigenvalue weighted by Gasteiger charge is -2.13. The topological polar surface area (TPSA) is 29.5 Å². The van der Waals surface area contributed by atoms with Crippen molar-refractivity contribution in [2.24, 2.45) is 5.92 Å². The summed E-state index contributed by atoms with van der Waals surface area (Å²) in [6.45, 7) is 2.48. The van der Waals surface area contributed by atoms with Gasteiger partial charge in [-0.15, -0.1) is 0 Å². The maximum Gasteiger partial charge on any atom is 0.137 e. The minimum atomic E-state index is -0.489. The second-order valence-corrected chi connectivity index (χ2v) is 5.23. The molecule has 1 N–H and O–H groups in total. The fourth-order valence-electron chi connectivity index (χ4n) is 2.28. The number of ether oxygens (including phenoxy) is 1. The Morgan fingerprint density at radius 1 is 1.41 bits per heavy atom. The van der Waals surface area contributed by atoms with Crippen LogP contribution < -0.4 is 4.74 Å². The molecule has 2 rings (SSSR count). The Kier molecular flexibility index (Phi) is 4.30. The van der Waals surface area contributed by atoms with Gasteiger partial charge in [0.2, 0.25) is 0 Å². The molecule has 1 aliphatic carbocycles. The van der Waals surface area contributed by atoms with Crippen LogP contribution in [0.4, 0.5) is 0 Å². The SMILES string of the molecule is C[C@@H](O)c1ccc(OCC2CCCC2)c(Cl)c1. The van der Waals surface area contributed by atoms with Crippen LogP contribution in [0.1, 0.15) is 44.3 Å². The van der Waals surface area contributed by atoms with Crippen LogP contribution in [0.25, 0.3) is 0 Å². The number of aliphatic hydroxyl groups excluding tert-OH is 1. The molecule has 0 radical (unpaired) electrons. The molecule has 0 bridgehead atoms. The van der Waals surface area contributed by atoms with Gasteiger partial charge in [0.15, 0.2) is 0 Å². The molecule has 2 nitrogen and oxygen atoms in total. The second-order valence-electron chi connectivity index (χ2n) is 4.83. The molecule has 0 heterocycles. The van der Waals surface area contributed by atoms with Crippen LogP contribution in [0.2, 0.25) is 5.02 Å². The van der Waals surface area contributed by atoms with Crippen molar-refractivity contribution < 1.29 is 9.84 Å². The largest absolute Gasteiger partial charge is 0.492 e. The Hall–Kier alpha value is -0.730. The molecule has 0 aliphatic heterocycles. The fourth-order valence-corrected chi connectivity index (χ4v) is 2.52. The fraction of sp³-hybridized carbons (Fsp3) is 0.571. The van der Waals surface area contributed by atoms with E-state index in [2.05, 4.69) is 0 Å². The van der Waals surface area contributed by atoms with E-state index in [1.807, 2.05) is 12.1 Å². The quantitative estimate of drug-likeness (QED) is 0.881. The van der Waals surface area contributed by atoms with Gasteiger partial charge < -0.3 is 9.84 Å². The number of halogens is 1. The van der Waals surface area contributed by atoms with Gasteiger partial charge in [0.1, 0.15) is 5.75 Å². The lowest BCUT2D eigenvalue weighted by molar-refractivity contribution is 0.199. The molecule has 1 atom stereocenters. The average molecular weight is 255 g/mol. The normalized spacial score (nSPS) is 18.3. The first-order chi connectivity index (χ1) is 8.16. The number of hydrogen-bond acceptors (Lipinski definition) is 2. The van der Waals surface area contributed by atoms with Crippen molar-refractivity contribution in [1.29, 1.82) is 0 Å². The molecule has 1 aromatic rings. The molecule has 94 valence electrons. The lowest BCUT2D eigenvalue weighted by atomic mass is 10.1. The van der Waals surface area contributed by atoms with Crippen LogP contribution in [-0.2, 0) is 0 Å². The highest BCUT2D eigenvalue weighted by Crippen LogP contribution is 2.30. The van der Waals surface area contributed by atoms with Gasteiger partial charge in [-0.25, -0.2) is 0 Å². The Labute approximate surface area is 108 Å². The Balaban J connectivity index is 1.96. The third kappa shape index (κ3) is 3.36. The standard InChI is InChI=1S/C14H19ClO2/c1-10(16)12-6-7-14(13(15)8-12)17-9-11-4-2-3-5-11/h6-8,10-11,16H,2-5,9H2,1H3/t10-/m1/s1. The minimum Gasteiger partial charge on any atom is -0.492 e. The number of aliphatic hydroxyl groups is 1. The number of hydrogen-bond donors (Lipinski definition) is 1. The Morgan fingerprint density at radius 2 is 2.12 bits per heavy atom. The molecule has 1 aromatic carbocycles. The third-order valence-electron chi connectivity index (χ3n) is 3.39. The van der Waals surface area contributed by atoms with Crippen molar-refractivity contribution >= 4 is 11.6 Å². The minimum absolute atomic E-state index is 0.489. The zero-order valence-corrected chi connectivity index (χ0v) is 10.9. The molecule has 3 heteroatoms. The van der Waals surface area contributed by atoms with E-state index in [-0.39, 0.29) is 0 Å². The van der Waals surface area contributed by atoms with Gasteiger partial charge in [0.05, 0.1) is 17.7 Å². The molecule has 0 amide bonds. The van der Waals surface area contributed by atoms with E-state index in [9.17, 15) is 5.11 Å². The van der Waals surface area contributed by atoms with E-state index < -0.39 is 6.10 Å². The van der Waals surface area contributed by atoms with E-state index in [0.29, 0.717) is 10.9 Å². The maximum absolute atomic E-state index is 9.44. The number of benzene rings is 1. The monoisotopic (exact) mass is 254 g/mol. The van der Waals surface area contributed by atoms with Crippen molar-refractivity contribution in [3.63, 3.8) is 0 Å². The first kappa shape index (κ1) is 12.7. The molecule has 0 saturated heterocycles. The first-order valence-corrected chi connectivity index (χ1v) is 6.65. The summed E-state index contributed by atoms with van der Waals surface area (Å²) in [4.78, 5) is 0. The molecule has 0 unspecified atom stereocenters. The van der Waals surface area contributed by atoms with Gasteiger partial charge in [0.25, 0.3) is 0 Å². The lowest BCUT2D eigenvalue weighted by Crippen LogP contribution is -2.08. The molecule has 0 aromatic heterocycles. The van der Waals surface area contributed by atoms with E-state index in [1.54, 1.807) is 13.0 Å². The van der Waals surface area contributed by atoms with Crippen LogP contribution in [0, 0.1) is 5.92 Å². The van der Waals surface area contributed by atoms with Crippen molar-refractivity contribution in [1.82, 2.24) is 0 Å². The second kappa shape index (κ2) is 5.74. The van der Waals surface area contributed by atoms with E-state index in [4.69, 9.17) is 16.3 Å². The van der Waals surface area contributed by atoms with Gasteiger partial charge in [0, 0.05) is 0 Å². The highest BCUT2D eigenvalue weighted by molar-refractivity contribution is 6.32. The molecular formula is C14H19ClO2. The summed E-state index contributed by atoms with van der Waals surface area (Å²) in [5.41, 5.74) is 0.822. The van der Waals surface area contributed by atoms with Gasteiger partial charge in [-0.1, -0.05) is 30.5 Å². The molecule has 17 heavy (non-hydrogen) atoms. The molecule has 1 fully saturated rings. The van der Waals surface area contributed by atoms with Crippen molar-refractivity contribution in [2.45, 2.75) is 38.7 Å².